The fourth-order valence-electron chi connectivity index (χ4n) is 1.74. The summed E-state index contributed by atoms with van der Waals surface area (Å²) >= 11 is 0. The molecule has 1 aliphatic rings. The molecule has 1 heterocycles. The topological polar surface area (TPSA) is 99.4 Å². The Hall–Kier alpha value is -1.56. The van der Waals surface area contributed by atoms with E-state index < -0.39 is 37.3 Å². The van der Waals surface area contributed by atoms with Crippen molar-refractivity contribution in [2.75, 3.05) is 13.2 Å². The third kappa shape index (κ3) is 5.38. The maximum Gasteiger partial charge on any atom is 0.186 e. The Morgan fingerprint density at radius 2 is 1.81 bits per heavy atom. The Bertz CT molecular complexity index is 472. The molecular weight excluding hydrogens is 276 g/mol. The molecule has 1 saturated heterocycles. The highest BCUT2D eigenvalue weighted by Crippen LogP contribution is 2.21. The van der Waals surface area contributed by atoms with Gasteiger partial charge in [-0.3, -0.25) is 0 Å². The summed E-state index contributed by atoms with van der Waals surface area (Å²) in [7, 11) is 0. The van der Waals surface area contributed by atoms with E-state index in [9.17, 15) is 15.3 Å². The van der Waals surface area contributed by atoms with Crippen molar-refractivity contribution in [2.45, 2.75) is 43.5 Å². The average molecular weight is 294 g/mol. The van der Waals surface area contributed by atoms with Crippen molar-refractivity contribution in [3.63, 3.8) is 0 Å². The molecular formula is C15H18O6. The molecule has 5 atom stereocenters. The lowest BCUT2D eigenvalue weighted by molar-refractivity contribution is -0.301. The van der Waals surface area contributed by atoms with Crippen LogP contribution in [-0.4, -0.2) is 64.3 Å². The van der Waals surface area contributed by atoms with Crippen molar-refractivity contribution < 1.29 is 29.9 Å². The predicted octanol–water partition coefficient (Wildman–Crippen LogP) is -1.78. The van der Waals surface area contributed by atoms with Gasteiger partial charge in [-0.25, -0.2) is 0 Å². The van der Waals surface area contributed by atoms with Gasteiger partial charge in [0.15, 0.2) is 6.29 Å². The molecule has 114 valence electrons. The number of hydrogen-bond acceptors (Lipinski definition) is 6. The number of terminal acetylenes is 1. The molecule has 0 aliphatic carbocycles. The number of aliphatic hydroxyl groups excluding tert-OH is 4. The molecule has 0 radical (unpaired) electrons. The highest BCUT2D eigenvalue weighted by atomic mass is 16.7. The quantitative estimate of drug-likeness (QED) is 0.353. The Morgan fingerprint density at radius 3 is 2.48 bits per heavy atom. The van der Waals surface area contributed by atoms with Crippen LogP contribution in [0.4, 0.5) is 0 Å². The van der Waals surface area contributed by atoms with Gasteiger partial charge in [0.25, 0.3) is 0 Å². The second-order valence-electron chi connectivity index (χ2n) is 4.37. The first-order valence-electron chi connectivity index (χ1n) is 6.47. The van der Waals surface area contributed by atoms with Gasteiger partial charge >= 0.3 is 0 Å². The van der Waals surface area contributed by atoms with E-state index in [4.69, 9.17) is 21.0 Å². The Labute approximate surface area is 123 Å². The van der Waals surface area contributed by atoms with Crippen LogP contribution in [0.5, 0.6) is 0 Å². The third-order valence-electron chi connectivity index (χ3n) is 2.86. The molecule has 0 amide bonds. The van der Waals surface area contributed by atoms with Crippen molar-refractivity contribution in [2.24, 2.45) is 0 Å². The minimum atomic E-state index is -1.43. The van der Waals surface area contributed by atoms with Gasteiger partial charge in [0.2, 0.25) is 0 Å². The zero-order valence-electron chi connectivity index (χ0n) is 11.4. The lowest BCUT2D eigenvalue weighted by Crippen LogP contribution is -2.59. The summed E-state index contributed by atoms with van der Waals surface area (Å²) in [6, 6.07) is 0. The van der Waals surface area contributed by atoms with Gasteiger partial charge in [-0.05, 0) is 30.1 Å². The van der Waals surface area contributed by atoms with Crippen LogP contribution in [0.2, 0.25) is 0 Å². The lowest BCUT2D eigenvalue weighted by Gasteiger charge is -2.39. The van der Waals surface area contributed by atoms with E-state index in [-0.39, 0.29) is 6.61 Å². The Balaban J connectivity index is 2.33. The summed E-state index contributed by atoms with van der Waals surface area (Å²) in [5, 5.41) is 37.9. The number of ether oxygens (including phenoxy) is 2. The Morgan fingerprint density at radius 1 is 1.05 bits per heavy atom. The summed E-state index contributed by atoms with van der Waals surface area (Å²) in [6.45, 7) is -0.246. The van der Waals surface area contributed by atoms with Crippen molar-refractivity contribution in [3.05, 3.63) is 0 Å². The third-order valence-corrected chi connectivity index (χ3v) is 2.86. The second kappa shape index (κ2) is 9.39. The molecule has 0 unspecified atom stereocenters. The van der Waals surface area contributed by atoms with E-state index in [1.807, 2.05) is 0 Å². The van der Waals surface area contributed by atoms with Gasteiger partial charge in [0.05, 0.1) is 13.2 Å². The van der Waals surface area contributed by atoms with E-state index in [2.05, 4.69) is 29.6 Å². The molecule has 0 aromatic heterocycles. The van der Waals surface area contributed by atoms with Crippen molar-refractivity contribution >= 4 is 0 Å². The van der Waals surface area contributed by atoms with Crippen LogP contribution in [0.25, 0.3) is 0 Å². The molecule has 0 aromatic carbocycles. The van der Waals surface area contributed by atoms with E-state index in [0.717, 1.165) is 0 Å². The SMILES string of the molecule is C#CC#CC#CCCCO[C@@H]1O[C@H](CO)[C@@H](O)[C@H](O)[C@H]1O. The molecule has 1 rings (SSSR count). The minimum Gasteiger partial charge on any atom is -0.394 e. The standard InChI is InChI=1S/C15H18O6/c1-2-3-4-5-6-7-8-9-20-15-14(19)13(18)12(17)11(10-16)21-15/h1,11-19H,7-10H2/t11-,12-,13+,14-,15-/m1/s1. The van der Waals surface area contributed by atoms with Crippen LogP contribution >= 0.6 is 0 Å². The van der Waals surface area contributed by atoms with Gasteiger partial charge in [-0.2, -0.15) is 0 Å². The molecule has 0 saturated carbocycles. The lowest BCUT2D eigenvalue weighted by atomic mass is 9.99. The summed E-state index contributed by atoms with van der Waals surface area (Å²) in [5.41, 5.74) is 0. The summed E-state index contributed by atoms with van der Waals surface area (Å²) in [6.07, 6.45) is -0.243. The zero-order chi connectivity index (χ0) is 15.7. The molecule has 0 bridgehead atoms. The first-order valence-corrected chi connectivity index (χ1v) is 6.47. The first-order chi connectivity index (χ1) is 10.1. The summed E-state index contributed by atoms with van der Waals surface area (Å²) in [4.78, 5) is 0. The van der Waals surface area contributed by atoms with Crippen LogP contribution in [0.1, 0.15) is 12.8 Å². The maximum absolute atomic E-state index is 9.71. The smallest absolute Gasteiger partial charge is 0.186 e. The molecule has 0 spiro atoms. The second-order valence-corrected chi connectivity index (χ2v) is 4.37. The maximum atomic E-state index is 9.71. The minimum absolute atomic E-state index is 0.236. The van der Waals surface area contributed by atoms with E-state index in [1.54, 1.807) is 0 Å². The highest BCUT2D eigenvalue weighted by Gasteiger charge is 2.43. The number of aliphatic hydroxyl groups is 4. The predicted molar refractivity (Wildman–Crippen MR) is 73.3 cm³/mol. The fraction of sp³-hybridized carbons (Fsp3) is 0.600. The van der Waals surface area contributed by atoms with Gasteiger partial charge in [0, 0.05) is 6.42 Å². The normalized spacial score (nSPS) is 31.3. The van der Waals surface area contributed by atoms with Gasteiger partial charge in [-0.1, -0.05) is 5.92 Å². The fourth-order valence-corrected chi connectivity index (χ4v) is 1.74. The molecule has 6 nitrogen and oxygen atoms in total. The first kappa shape index (κ1) is 17.5. The molecule has 21 heavy (non-hydrogen) atoms. The van der Waals surface area contributed by atoms with Crippen LogP contribution < -0.4 is 0 Å². The average Bonchev–Trinajstić information content (AvgIpc) is 2.49. The van der Waals surface area contributed by atoms with Gasteiger partial charge < -0.3 is 29.9 Å². The molecule has 4 N–H and O–H groups in total. The molecule has 0 aromatic rings. The molecule has 6 heteroatoms. The van der Waals surface area contributed by atoms with Crippen molar-refractivity contribution in [3.8, 4) is 36.0 Å². The summed E-state index contributed by atoms with van der Waals surface area (Å²) < 4.78 is 10.5. The monoisotopic (exact) mass is 294 g/mol. The number of hydrogen-bond donors (Lipinski definition) is 4. The summed E-state index contributed by atoms with van der Waals surface area (Å²) in [5.74, 6) is 12.3. The van der Waals surface area contributed by atoms with E-state index >= 15 is 0 Å². The van der Waals surface area contributed by atoms with Crippen molar-refractivity contribution in [1.82, 2.24) is 0 Å². The number of rotatable bonds is 5. The van der Waals surface area contributed by atoms with Gasteiger partial charge in [-0.15, -0.1) is 6.42 Å². The van der Waals surface area contributed by atoms with Gasteiger partial charge in [0.1, 0.15) is 24.4 Å². The zero-order valence-corrected chi connectivity index (χ0v) is 11.4. The highest BCUT2D eigenvalue weighted by molar-refractivity contribution is 5.33. The van der Waals surface area contributed by atoms with Crippen molar-refractivity contribution in [1.29, 1.82) is 0 Å². The van der Waals surface area contributed by atoms with Crippen LogP contribution in [-0.2, 0) is 9.47 Å². The van der Waals surface area contributed by atoms with Crippen LogP contribution in [0.15, 0.2) is 0 Å². The Kier molecular flexibility index (Phi) is 7.82. The molecule has 1 fully saturated rings. The largest absolute Gasteiger partial charge is 0.394 e. The molecule has 1 aliphatic heterocycles. The van der Waals surface area contributed by atoms with Crippen LogP contribution in [0, 0.1) is 36.0 Å². The van der Waals surface area contributed by atoms with E-state index in [0.29, 0.717) is 12.8 Å². The van der Waals surface area contributed by atoms with E-state index in [1.165, 1.54) is 0 Å². The number of unbranched alkanes of at least 4 members (excludes halogenated alkanes) is 1. The van der Waals surface area contributed by atoms with Crippen LogP contribution in [0.3, 0.4) is 0 Å².